The summed E-state index contributed by atoms with van der Waals surface area (Å²) in [7, 11) is 2.02. The molecule has 1 aromatic heterocycles. The van der Waals surface area contributed by atoms with Crippen LogP contribution >= 0.6 is 0 Å². The fourth-order valence-electron chi connectivity index (χ4n) is 2.62. The first-order valence-corrected chi connectivity index (χ1v) is 8.31. The lowest BCUT2D eigenvalue weighted by Crippen LogP contribution is -2.46. The molecule has 0 spiro atoms. The Labute approximate surface area is 143 Å². The number of hydrogen-bond acceptors (Lipinski definition) is 2. The summed E-state index contributed by atoms with van der Waals surface area (Å²) < 4.78 is 2.09. The van der Waals surface area contributed by atoms with Gasteiger partial charge in [-0.1, -0.05) is 30.3 Å². The zero-order chi connectivity index (χ0) is 17.6. The second-order valence-corrected chi connectivity index (χ2v) is 6.52. The van der Waals surface area contributed by atoms with Crippen LogP contribution in [0.15, 0.2) is 48.7 Å². The molecule has 2 unspecified atom stereocenters. The third-order valence-corrected chi connectivity index (χ3v) is 4.25. The van der Waals surface area contributed by atoms with Crippen molar-refractivity contribution in [2.24, 2.45) is 7.05 Å². The predicted molar refractivity (Wildman–Crippen MR) is 95.7 cm³/mol. The Hall–Kier alpha value is -2.27. The van der Waals surface area contributed by atoms with Gasteiger partial charge < -0.3 is 20.3 Å². The Kier molecular flexibility index (Phi) is 6.04. The highest BCUT2D eigenvalue weighted by atomic mass is 16.3. The van der Waals surface area contributed by atoms with Gasteiger partial charge in [0.1, 0.15) is 5.60 Å². The number of amides is 2. The van der Waals surface area contributed by atoms with E-state index in [0.29, 0.717) is 0 Å². The van der Waals surface area contributed by atoms with Crippen molar-refractivity contribution in [3.63, 3.8) is 0 Å². The van der Waals surface area contributed by atoms with Gasteiger partial charge >= 0.3 is 6.03 Å². The van der Waals surface area contributed by atoms with E-state index >= 15 is 0 Å². The van der Waals surface area contributed by atoms with Crippen LogP contribution in [0.3, 0.4) is 0 Å². The summed E-state index contributed by atoms with van der Waals surface area (Å²) in [6.07, 6.45) is 3.79. The Morgan fingerprint density at radius 2 is 1.96 bits per heavy atom. The van der Waals surface area contributed by atoms with Gasteiger partial charge in [0, 0.05) is 25.0 Å². The van der Waals surface area contributed by atoms with E-state index in [-0.39, 0.29) is 18.6 Å². The molecule has 0 aliphatic heterocycles. The van der Waals surface area contributed by atoms with Gasteiger partial charge in [-0.15, -0.1) is 0 Å². The third kappa shape index (κ3) is 5.13. The molecule has 0 fully saturated rings. The molecular weight excluding hydrogens is 302 g/mol. The van der Waals surface area contributed by atoms with Gasteiger partial charge in [0.25, 0.3) is 0 Å². The van der Waals surface area contributed by atoms with Gasteiger partial charge in [-0.25, -0.2) is 4.79 Å². The molecule has 1 heterocycles. The summed E-state index contributed by atoms with van der Waals surface area (Å²) in [5, 5.41) is 16.1. The number of aromatic nitrogens is 1. The van der Waals surface area contributed by atoms with Crippen LogP contribution in [0.2, 0.25) is 0 Å². The fourth-order valence-corrected chi connectivity index (χ4v) is 2.62. The smallest absolute Gasteiger partial charge is 0.315 e. The normalized spacial score (nSPS) is 14.7. The van der Waals surface area contributed by atoms with Crippen molar-refractivity contribution >= 4 is 6.03 Å². The minimum atomic E-state index is -1.09. The summed E-state index contributed by atoms with van der Waals surface area (Å²) in [5.74, 6) is 0. The quantitative estimate of drug-likeness (QED) is 0.731. The minimum Gasteiger partial charge on any atom is -0.384 e. The van der Waals surface area contributed by atoms with Crippen LogP contribution in [0.4, 0.5) is 4.79 Å². The molecule has 2 aromatic rings. The summed E-state index contributed by atoms with van der Waals surface area (Å²) in [5.41, 5.74) is 0.934. The number of nitrogens with zero attached hydrogens (tertiary/aromatic N) is 1. The molecule has 0 radical (unpaired) electrons. The maximum absolute atomic E-state index is 12.0. The number of carbonyl (C=O) groups is 1. The number of carbonyl (C=O) groups excluding carboxylic acids is 1. The molecule has 0 saturated heterocycles. The summed E-state index contributed by atoms with van der Waals surface area (Å²) in [6.45, 7) is 3.84. The van der Waals surface area contributed by atoms with Gasteiger partial charge in [0.15, 0.2) is 0 Å². The number of urea groups is 1. The molecule has 5 nitrogen and oxygen atoms in total. The first-order chi connectivity index (χ1) is 11.4. The summed E-state index contributed by atoms with van der Waals surface area (Å²) >= 11 is 0. The van der Waals surface area contributed by atoms with Crippen molar-refractivity contribution < 1.29 is 9.90 Å². The van der Waals surface area contributed by atoms with E-state index in [9.17, 15) is 9.90 Å². The molecule has 0 bridgehead atoms. The lowest BCUT2D eigenvalue weighted by atomic mass is 9.96. The molecular formula is C19H27N3O2. The highest BCUT2D eigenvalue weighted by molar-refractivity contribution is 5.74. The predicted octanol–water partition coefficient (Wildman–Crippen LogP) is 2.55. The number of benzene rings is 1. The molecule has 24 heavy (non-hydrogen) atoms. The van der Waals surface area contributed by atoms with Crippen molar-refractivity contribution in [1.82, 2.24) is 15.2 Å². The topological polar surface area (TPSA) is 66.3 Å². The van der Waals surface area contributed by atoms with E-state index in [1.807, 2.05) is 56.6 Å². The van der Waals surface area contributed by atoms with Crippen LogP contribution in [0, 0.1) is 0 Å². The zero-order valence-corrected chi connectivity index (χ0v) is 14.6. The molecule has 5 heteroatoms. The number of rotatable bonds is 7. The van der Waals surface area contributed by atoms with E-state index < -0.39 is 5.60 Å². The van der Waals surface area contributed by atoms with Gasteiger partial charge in [0.2, 0.25) is 0 Å². The number of nitrogens with one attached hydrogen (secondary N) is 2. The molecule has 1 aromatic carbocycles. The molecule has 0 aliphatic rings. The van der Waals surface area contributed by atoms with Crippen LogP contribution < -0.4 is 10.6 Å². The summed E-state index contributed by atoms with van der Waals surface area (Å²) in [4.78, 5) is 12.0. The molecule has 0 saturated carbocycles. The van der Waals surface area contributed by atoms with Crippen molar-refractivity contribution in [3.8, 4) is 0 Å². The Morgan fingerprint density at radius 3 is 2.58 bits per heavy atom. The van der Waals surface area contributed by atoms with E-state index in [4.69, 9.17) is 0 Å². The zero-order valence-electron chi connectivity index (χ0n) is 14.6. The number of aryl methyl sites for hydroxylation is 2. The first kappa shape index (κ1) is 18.1. The van der Waals surface area contributed by atoms with Crippen molar-refractivity contribution in [1.29, 1.82) is 0 Å². The van der Waals surface area contributed by atoms with Crippen LogP contribution in [0.5, 0.6) is 0 Å². The second kappa shape index (κ2) is 8.02. The Morgan fingerprint density at radius 1 is 1.25 bits per heavy atom. The van der Waals surface area contributed by atoms with Crippen molar-refractivity contribution in [2.75, 3.05) is 6.54 Å². The van der Waals surface area contributed by atoms with Gasteiger partial charge in [-0.05, 0) is 44.4 Å². The monoisotopic (exact) mass is 329 g/mol. The van der Waals surface area contributed by atoms with Crippen LogP contribution in [-0.4, -0.2) is 28.3 Å². The minimum absolute atomic E-state index is 0.0570. The van der Waals surface area contributed by atoms with Gasteiger partial charge in [0.05, 0.1) is 6.54 Å². The first-order valence-electron chi connectivity index (χ1n) is 8.31. The van der Waals surface area contributed by atoms with Crippen molar-refractivity contribution in [3.05, 3.63) is 59.9 Å². The van der Waals surface area contributed by atoms with E-state index in [2.05, 4.69) is 21.3 Å². The standard InChI is InChI=1S/C19H27N3O2/c1-15(11-12-17-10-7-13-22(17)3)21-18(23)20-14-19(2,24)16-8-5-4-6-9-16/h4-10,13,15,24H,11-12,14H2,1-3H3,(H2,20,21,23). The highest BCUT2D eigenvalue weighted by Gasteiger charge is 2.23. The highest BCUT2D eigenvalue weighted by Crippen LogP contribution is 2.18. The van der Waals surface area contributed by atoms with E-state index in [0.717, 1.165) is 18.4 Å². The second-order valence-electron chi connectivity index (χ2n) is 6.52. The molecule has 130 valence electrons. The van der Waals surface area contributed by atoms with Gasteiger partial charge in [-0.2, -0.15) is 0 Å². The number of hydrogen-bond donors (Lipinski definition) is 3. The SMILES string of the molecule is CC(CCc1cccn1C)NC(=O)NCC(C)(O)c1ccccc1. The molecule has 2 amide bonds. The third-order valence-electron chi connectivity index (χ3n) is 4.25. The fraction of sp³-hybridized carbons (Fsp3) is 0.421. The Bertz CT molecular complexity index is 650. The van der Waals surface area contributed by atoms with Crippen LogP contribution in [0.25, 0.3) is 0 Å². The lowest BCUT2D eigenvalue weighted by molar-refractivity contribution is 0.0593. The van der Waals surface area contributed by atoms with Crippen molar-refractivity contribution in [2.45, 2.75) is 38.3 Å². The van der Waals surface area contributed by atoms with Crippen LogP contribution in [0.1, 0.15) is 31.5 Å². The van der Waals surface area contributed by atoms with E-state index in [1.165, 1.54) is 5.69 Å². The largest absolute Gasteiger partial charge is 0.384 e. The molecule has 0 aliphatic carbocycles. The Balaban J connectivity index is 1.75. The van der Waals surface area contributed by atoms with E-state index in [1.54, 1.807) is 6.92 Å². The molecule has 2 rings (SSSR count). The maximum atomic E-state index is 12.0. The summed E-state index contributed by atoms with van der Waals surface area (Å²) in [6, 6.07) is 13.2. The molecule has 3 N–H and O–H groups in total. The number of aliphatic hydroxyl groups is 1. The van der Waals surface area contributed by atoms with Gasteiger partial charge in [-0.3, -0.25) is 0 Å². The average molecular weight is 329 g/mol. The maximum Gasteiger partial charge on any atom is 0.315 e. The van der Waals surface area contributed by atoms with Crippen LogP contribution in [-0.2, 0) is 19.1 Å². The molecule has 2 atom stereocenters. The average Bonchev–Trinajstić information content (AvgIpc) is 2.97. The lowest BCUT2D eigenvalue weighted by Gasteiger charge is -2.25.